The summed E-state index contributed by atoms with van der Waals surface area (Å²) in [5.74, 6) is 0.166. The molecule has 6 nitrogen and oxygen atoms in total. The number of anilines is 1. The molecule has 2 rings (SSSR count). The van der Waals surface area contributed by atoms with E-state index in [4.69, 9.17) is 4.74 Å². The molecule has 0 aromatic heterocycles. The molecule has 0 heterocycles. The van der Waals surface area contributed by atoms with Crippen LogP contribution in [0.25, 0.3) is 0 Å². The highest BCUT2D eigenvalue weighted by Gasteiger charge is 2.15. The van der Waals surface area contributed by atoms with Gasteiger partial charge in [0.1, 0.15) is 12.4 Å². The van der Waals surface area contributed by atoms with E-state index in [-0.39, 0.29) is 17.0 Å². The molecule has 0 saturated carbocycles. The number of ether oxygens (including phenoxy) is 1. The molecule has 0 aliphatic heterocycles. The van der Waals surface area contributed by atoms with Crippen LogP contribution in [0.3, 0.4) is 0 Å². The van der Waals surface area contributed by atoms with Crippen LogP contribution in [0.15, 0.2) is 78.7 Å². The molecule has 0 atom stereocenters. The summed E-state index contributed by atoms with van der Waals surface area (Å²) in [5.41, 5.74) is 0.762. The van der Waals surface area contributed by atoms with E-state index in [2.05, 4.69) is 23.2 Å². The van der Waals surface area contributed by atoms with Crippen LogP contribution in [-0.4, -0.2) is 27.5 Å². The van der Waals surface area contributed by atoms with Gasteiger partial charge in [0.25, 0.3) is 5.91 Å². The summed E-state index contributed by atoms with van der Waals surface area (Å²) >= 11 is 0. The second-order valence-electron chi connectivity index (χ2n) is 5.25. The van der Waals surface area contributed by atoms with Gasteiger partial charge in [0, 0.05) is 23.9 Å². The molecular formula is C19H20N2O4S. The van der Waals surface area contributed by atoms with E-state index in [1.165, 1.54) is 24.3 Å². The van der Waals surface area contributed by atoms with Crippen molar-refractivity contribution in [2.45, 2.75) is 4.90 Å². The topological polar surface area (TPSA) is 84.5 Å². The van der Waals surface area contributed by atoms with Gasteiger partial charge in [-0.15, -0.1) is 6.58 Å². The molecule has 1 amide bonds. The zero-order valence-corrected chi connectivity index (χ0v) is 15.0. The molecule has 136 valence electrons. The molecule has 0 saturated heterocycles. The maximum absolute atomic E-state index is 12.4. The highest BCUT2D eigenvalue weighted by atomic mass is 32.2. The lowest BCUT2D eigenvalue weighted by atomic mass is 10.2. The maximum Gasteiger partial charge on any atom is 0.255 e. The first-order valence-corrected chi connectivity index (χ1v) is 9.30. The Hall–Kier alpha value is -2.90. The van der Waals surface area contributed by atoms with Crippen LogP contribution in [0.1, 0.15) is 10.4 Å². The van der Waals surface area contributed by atoms with Gasteiger partial charge in [-0.3, -0.25) is 4.79 Å². The van der Waals surface area contributed by atoms with Gasteiger partial charge < -0.3 is 10.1 Å². The van der Waals surface area contributed by atoms with Crippen molar-refractivity contribution in [3.63, 3.8) is 0 Å². The minimum Gasteiger partial charge on any atom is -0.489 e. The summed E-state index contributed by atoms with van der Waals surface area (Å²) in [6.45, 7) is 7.51. The molecule has 0 unspecified atom stereocenters. The third kappa shape index (κ3) is 5.30. The molecule has 0 fully saturated rings. The normalized spacial score (nSPS) is 10.8. The summed E-state index contributed by atoms with van der Waals surface area (Å²) in [6.07, 6.45) is 3.06. The first-order chi connectivity index (χ1) is 12.5. The van der Waals surface area contributed by atoms with E-state index in [9.17, 15) is 13.2 Å². The van der Waals surface area contributed by atoms with E-state index in [1.54, 1.807) is 36.4 Å². The van der Waals surface area contributed by atoms with Crippen molar-refractivity contribution in [3.8, 4) is 5.75 Å². The SMILES string of the molecule is C=CCNS(=O)(=O)c1cccc(C(=O)Nc2cccc(OCC=C)c2)c1. The van der Waals surface area contributed by atoms with Crippen molar-refractivity contribution >= 4 is 21.6 Å². The highest BCUT2D eigenvalue weighted by molar-refractivity contribution is 7.89. The van der Waals surface area contributed by atoms with E-state index in [1.807, 2.05) is 0 Å². The number of carbonyl (C=O) groups is 1. The second-order valence-corrected chi connectivity index (χ2v) is 7.02. The van der Waals surface area contributed by atoms with Crippen LogP contribution in [-0.2, 0) is 10.0 Å². The van der Waals surface area contributed by atoms with Gasteiger partial charge in [-0.25, -0.2) is 13.1 Å². The van der Waals surface area contributed by atoms with Gasteiger partial charge in [-0.1, -0.05) is 30.9 Å². The Morgan fingerprint density at radius 1 is 1.08 bits per heavy atom. The molecule has 7 heteroatoms. The lowest BCUT2D eigenvalue weighted by Gasteiger charge is -2.09. The molecular weight excluding hydrogens is 352 g/mol. The minimum atomic E-state index is -3.70. The molecule has 0 aliphatic carbocycles. The lowest BCUT2D eigenvalue weighted by molar-refractivity contribution is 0.102. The van der Waals surface area contributed by atoms with Gasteiger partial charge in [-0.05, 0) is 30.3 Å². The Labute approximate surface area is 153 Å². The average molecular weight is 372 g/mol. The molecule has 26 heavy (non-hydrogen) atoms. The Balaban J connectivity index is 2.16. The first kappa shape index (κ1) is 19.4. The molecule has 0 spiro atoms. The molecule has 0 bridgehead atoms. The Morgan fingerprint density at radius 3 is 2.58 bits per heavy atom. The van der Waals surface area contributed by atoms with Crippen molar-refractivity contribution in [1.29, 1.82) is 0 Å². The van der Waals surface area contributed by atoms with Crippen LogP contribution in [0.2, 0.25) is 0 Å². The van der Waals surface area contributed by atoms with Gasteiger partial charge in [0.2, 0.25) is 10.0 Å². The largest absolute Gasteiger partial charge is 0.489 e. The van der Waals surface area contributed by atoms with Crippen LogP contribution >= 0.6 is 0 Å². The van der Waals surface area contributed by atoms with E-state index in [0.717, 1.165) is 0 Å². The fourth-order valence-corrected chi connectivity index (χ4v) is 3.12. The zero-order valence-electron chi connectivity index (χ0n) is 14.1. The Morgan fingerprint density at radius 2 is 1.85 bits per heavy atom. The summed E-state index contributed by atoms with van der Waals surface area (Å²) in [4.78, 5) is 12.4. The maximum atomic E-state index is 12.4. The molecule has 2 aromatic rings. The van der Waals surface area contributed by atoms with Crippen molar-refractivity contribution in [2.24, 2.45) is 0 Å². The monoisotopic (exact) mass is 372 g/mol. The van der Waals surface area contributed by atoms with Crippen LogP contribution in [0.5, 0.6) is 5.75 Å². The summed E-state index contributed by atoms with van der Waals surface area (Å²) in [5, 5.41) is 2.72. The predicted molar refractivity (Wildman–Crippen MR) is 102 cm³/mol. The number of nitrogens with one attached hydrogen (secondary N) is 2. The number of carbonyl (C=O) groups excluding carboxylic acids is 1. The summed E-state index contributed by atoms with van der Waals surface area (Å²) in [6, 6.07) is 12.7. The molecule has 2 N–H and O–H groups in total. The van der Waals surface area contributed by atoms with Crippen molar-refractivity contribution < 1.29 is 17.9 Å². The van der Waals surface area contributed by atoms with Gasteiger partial charge in [-0.2, -0.15) is 0 Å². The fraction of sp³-hybridized carbons (Fsp3) is 0.105. The number of amides is 1. The number of rotatable bonds is 9. The van der Waals surface area contributed by atoms with E-state index in [0.29, 0.717) is 18.0 Å². The fourth-order valence-electron chi connectivity index (χ4n) is 2.08. The second kappa shape index (κ2) is 8.98. The quantitative estimate of drug-likeness (QED) is 0.663. The van der Waals surface area contributed by atoms with Gasteiger partial charge >= 0.3 is 0 Å². The first-order valence-electron chi connectivity index (χ1n) is 7.82. The molecule has 0 aliphatic rings. The highest BCUT2D eigenvalue weighted by Crippen LogP contribution is 2.19. The third-order valence-electron chi connectivity index (χ3n) is 3.28. The number of hydrogen-bond donors (Lipinski definition) is 2. The van der Waals surface area contributed by atoms with Gasteiger partial charge in [0.15, 0.2) is 0 Å². The number of benzene rings is 2. The summed E-state index contributed by atoms with van der Waals surface area (Å²) in [7, 11) is -3.70. The molecule has 0 radical (unpaired) electrons. The van der Waals surface area contributed by atoms with Crippen molar-refractivity contribution in [2.75, 3.05) is 18.5 Å². The van der Waals surface area contributed by atoms with Crippen molar-refractivity contribution in [3.05, 3.63) is 79.4 Å². The lowest BCUT2D eigenvalue weighted by Crippen LogP contribution is -2.24. The van der Waals surface area contributed by atoms with E-state index < -0.39 is 15.9 Å². The van der Waals surface area contributed by atoms with Crippen LogP contribution in [0.4, 0.5) is 5.69 Å². The minimum absolute atomic E-state index is 0.00932. The van der Waals surface area contributed by atoms with Crippen LogP contribution < -0.4 is 14.8 Å². The summed E-state index contributed by atoms with van der Waals surface area (Å²) < 4.78 is 32.1. The van der Waals surface area contributed by atoms with E-state index >= 15 is 0 Å². The molecule has 2 aromatic carbocycles. The number of hydrogen-bond acceptors (Lipinski definition) is 4. The Bertz CT molecular complexity index is 907. The standard InChI is InChI=1S/C19H20N2O4S/c1-3-11-20-26(23,24)18-10-5-7-15(13-18)19(22)21-16-8-6-9-17(14-16)25-12-4-2/h3-10,13-14,20H,1-2,11-12H2,(H,21,22). The average Bonchev–Trinajstić information content (AvgIpc) is 2.65. The zero-order chi connectivity index (χ0) is 19.0. The van der Waals surface area contributed by atoms with Crippen LogP contribution in [0, 0.1) is 0 Å². The van der Waals surface area contributed by atoms with Gasteiger partial charge in [0.05, 0.1) is 4.90 Å². The third-order valence-corrected chi connectivity index (χ3v) is 4.71. The Kier molecular flexibility index (Phi) is 6.71. The smallest absolute Gasteiger partial charge is 0.255 e. The van der Waals surface area contributed by atoms with Crippen molar-refractivity contribution in [1.82, 2.24) is 4.72 Å². The predicted octanol–water partition coefficient (Wildman–Crippen LogP) is 2.97. The number of sulfonamides is 1.